The third kappa shape index (κ3) is 2.56. The number of carboxylic acid groups (broad SMARTS) is 1. The topological polar surface area (TPSA) is 57.6 Å². The monoisotopic (exact) mass is 311 g/mol. The summed E-state index contributed by atoms with van der Waals surface area (Å²) in [5, 5.41) is 8.93. The van der Waals surface area contributed by atoms with Crippen LogP contribution in [-0.2, 0) is 4.79 Å². The van der Waals surface area contributed by atoms with Gasteiger partial charge in [0.15, 0.2) is 0 Å². The van der Waals surface area contributed by atoms with Gasteiger partial charge in [-0.3, -0.25) is 9.59 Å². The second-order valence-electron chi connectivity index (χ2n) is 4.53. The maximum atomic E-state index is 12.3. The summed E-state index contributed by atoms with van der Waals surface area (Å²) in [6, 6.07) is 5.48. The number of rotatable bonds is 2. The number of benzene rings is 1. The summed E-state index contributed by atoms with van der Waals surface area (Å²) in [7, 11) is 0. The molecule has 1 aliphatic rings. The highest BCUT2D eigenvalue weighted by molar-refractivity contribution is 9.10. The number of hydrogen-bond acceptors (Lipinski definition) is 2. The molecule has 5 heteroatoms. The first kappa shape index (κ1) is 13.1. The zero-order chi connectivity index (χ0) is 13.3. The molecule has 0 aromatic heterocycles. The molecule has 1 amide bonds. The largest absolute Gasteiger partial charge is 0.481 e. The van der Waals surface area contributed by atoms with Gasteiger partial charge in [-0.05, 0) is 37.1 Å². The van der Waals surface area contributed by atoms with E-state index in [-0.39, 0.29) is 5.91 Å². The van der Waals surface area contributed by atoms with E-state index in [1.807, 2.05) is 19.1 Å². The van der Waals surface area contributed by atoms with Crippen molar-refractivity contribution in [3.63, 3.8) is 0 Å². The van der Waals surface area contributed by atoms with E-state index in [0.717, 1.165) is 10.0 Å². The van der Waals surface area contributed by atoms with Gasteiger partial charge in [0.05, 0.1) is 5.92 Å². The Hall–Kier alpha value is -1.36. The number of halogens is 1. The van der Waals surface area contributed by atoms with E-state index in [1.165, 1.54) is 0 Å². The third-order valence-corrected chi connectivity index (χ3v) is 3.74. The first-order valence-electron chi connectivity index (χ1n) is 5.77. The molecule has 0 spiro atoms. The molecule has 1 N–H and O–H groups in total. The smallest absolute Gasteiger partial charge is 0.308 e. The predicted octanol–water partition coefficient (Wildman–Crippen LogP) is 2.30. The summed E-state index contributed by atoms with van der Waals surface area (Å²) in [5.41, 5.74) is 1.54. The van der Waals surface area contributed by atoms with Crippen molar-refractivity contribution < 1.29 is 14.7 Å². The lowest BCUT2D eigenvalue weighted by Gasteiger charge is -2.17. The van der Waals surface area contributed by atoms with Crippen molar-refractivity contribution in [2.24, 2.45) is 5.92 Å². The van der Waals surface area contributed by atoms with Gasteiger partial charge in [-0.1, -0.05) is 15.9 Å². The normalized spacial score (nSPS) is 19.0. The maximum absolute atomic E-state index is 12.3. The molecular formula is C13H14BrNO3. The van der Waals surface area contributed by atoms with E-state index in [2.05, 4.69) is 15.9 Å². The number of amides is 1. The molecular weight excluding hydrogens is 298 g/mol. The molecule has 1 fully saturated rings. The number of nitrogens with zero attached hydrogens (tertiary/aromatic N) is 1. The van der Waals surface area contributed by atoms with Crippen LogP contribution < -0.4 is 0 Å². The van der Waals surface area contributed by atoms with Crippen LogP contribution in [0.2, 0.25) is 0 Å². The Bertz CT molecular complexity index is 501. The number of aliphatic carboxylic acids is 1. The van der Waals surface area contributed by atoms with Gasteiger partial charge in [0, 0.05) is 23.1 Å². The fourth-order valence-electron chi connectivity index (χ4n) is 2.18. The fraction of sp³-hybridized carbons (Fsp3) is 0.385. The van der Waals surface area contributed by atoms with Crippen LogP contribution in [-0.4, -0.2) is 35.0 Å². The molecule has 1 heterocycles. The summed E-state index contributed by atoms with van der Waals surface area (Å²) in [6.07, 6.45) is 0.538. The van der Waals surface area contributed by atoms with Crippen LogP contribution in [0.3, 0.4) is 0 Å². The summed E-state index contributed by atoms with van der Waals surface area (Å²) >= 11 is 3.35. The van der Waals surface area contributed by atoms with Gasteiger partial charge < -0.3 is 10.0 Å². The third-order valence-electron chi connectivity index (χ3n) is 3.24. The Morgan fingerprint density at radius 3 is 2.72 bits per heavy atom. The molecule has 0 bridgehead atoms. The number of carbonyl (C=O) groups is 2. The molecule has 1 saturated heterocycles. The highest BCUT2D eigenvalue weighted by Gasteiger charge is 2.31. The molecule has 96 valence electrons. The number of aryl methyl sites for hydroxylation is 1. The molecule has 0 aliphatic carbocycles. The number of hydrogen-bond donors (Lipinski definition) is 1. The Kier molecular flexibility index (Phi) is 3.71. The lowest BCUT2D eigenvalue weighted by atomic mass is 10.1. The standard InChI is InChI=1S/C13H14BrNO3/c1-8-6-10(14)2-3-11(8)12(16)15-5-4-9(7-15)13(17)18/h2-3,6,9H,4-5,7H2,1H3,(H,17,18)/t9-/m1/s1. The van der Waals surface area contributed by atoms with Gasteiger partial charge in [0.25, 0.3) is 5.91 Å². The predicted molar refractivity (Wildman–Crippen MR) is 70.5 cm³/mol. The first-order valence-corrected chi connectivity index (χ1v) is 6.56. The Balaban J connectivity index is 2.15. The molecule has 0 saturated carbocycles. The SMILES string of the molecule is Cc1cc(Br)ccc1C(=O)N1CC[C@@H](C(=O)O)C1. The van der Waals surface area contributed by atoms with E-state index in [0.29, 0.717) is 25.1 Å². The number of carboxylic acids is 1. The lowest BCUT2D eigenvalue weighted by Crippen LogP contribution is -2.30. The summed E-state index contributed by atoms with van der Waals surface area (Å²) < 4.78 is 0.932. The zero-order valence-electron chi connectivity index (χ0n) is 10.0. The van der Waals surface area contributed by atoms with E-state index in [1.54, 1.807) is 11.0 Å². The van der Waals surface area contributed by atoms with Gasteiger partial charge in [-0.15, -0.1) is 0 Å². The summed E-state index contributed by atoms with van der Waals surface area (Å²) in [6.45, 7) is 2.71. The van der Waals surface area contributed by atoms with Crippen molar-refractivity contribution in [3.8, 4) is 0 Å². The molecule has 2 rings (SSSR count). The quantitative estimate of drug-likeness (QED) is 0.911. The summed E-state index contributed by atoms with van der Waals surface area (Å²) in [5.74, 6) is -1.33. The average molecular weight is 312 g/mol. The molecule has 1 aromatic rings. The Morgan fingerprint density at radius 2 is 2.17 bits per heavy atom. The molecule has 1 aliphatic heterocycles. The minimum Gasteiger partial charge on any atom is -0.481 e. The highest BCUT2D eigenvalue weighted by atomic mass is 79.9. The van der Waals surface area contributed by atoms with Crippen molar-refractivity contribution in [1.82, 2.24) is 4.90 Å². The van der Waals surface area contributed by atoms with Gasteiger partial charge >= 0.3 is 5.97 Å². The Labute approximate surface area is 114 Å². The van der Waals surface area contributed by atoms with E-state index >= 15 is 0 Å². The first-order chi connectivity index (χ1) is 8.49. The van der Waals surface area contributed by atoms with Gasteiger partial charge in [0.1, 0.15) is 0 Å². The summed E-state index contributed by atoms with van der Waals surface area (Å²) in [4.78, 5) is 24.8. The van der Waals surface area contributed by atoms with Crippen LogP contribution in [0.15, 0.2) is 22.7 Å². The molecule has 1 atom stereocenters. The second kappa shape index (κ2) is 5.10. The number of likely N-dealkylation sites (tertiary alicyclic amines) is 1. The zero-order valence-corrected chi connectivity index (χ0v) is 11.6. The van der Waals surface area contributed by atoms with Crippen molar-refractivity contribution in [3.05, 3.63) is 33.8 Å². The van der Waals surface area contributed by atoms with Crippen molar-refractivity contribution in [2.45, 2.75) is 13.3 Å². The highest BCUT2D eigenvalue weighted by Crippen LogP contribution is 2.22. The van der Waals surface area contributed by atoms with E-state index in [9.17, 15) is 9.59 Å². The van der Waals surface area contributed by atoms with Crippen molar-refractivity contribution >= 4 is 27.8 Å². The molecule has 0 unspecified atom stereocenters. The number of carbonyl (C=O) groups excluding carboxylic acids is 1. The molecule has 0 radical (unpaired) electrons. The average Bonchev–Trinajstić information content (AvgIpc) is 2.77. The Morgan fingerprint density at radius 1 is 1.44 bits per heavy atom. The fourth-order valence-corrected chi connectivity index (χ4v) is 2.66. The minimum absolute atomic E-state index is 0.0799. The van der Waals surface area contributed by atoms with Crippen LogP contribution >= 0.6 is 15.9 Å². The van der Waals surface area contributed by atoms with Crippen LogP contribution in [0.5, 0.6) is 0 Å². The molecule has 1 aromatic carbocycles. The minimum atomic E-state index is -0.821. The van der Waals surface area contributed by atoms with Crippen LogP contribution in [0.25, 0.3) is 0 Å². The second-order valence-corrected chi connectivity index (χ2v) is 5.45. The van der Waals surface area contributed by atoms with E-state index in [4.69, 9.17) is 5.11 Å². The van der Waals surface area contributed by atoms with Crippen LogP contribution in [0.4, 0.5) is 0 Å². The maximum Gasteiger partial charge on any atom is 0.308 e. The van der Waals surface area contributed by atoms with Gasteiger partial charge in [0.2, 0.25) is 0 Å². The molecule has 18 heavy (non-hydrogen) atoms. The lowest BCUT2D eigenvalue weighted by molar-refractivity contribution is -0.141. The van der Waals surface area contributed by atoms with Crippen molar-refractivity contribution in [1.29, 1.82) is 0 Å². The van der Waals surface area contributed by atoms with E-state index < -0.39 is 11.9 Å². The van der Waals surface area contributed by atoms with Gasteiger partial charge in [-0.2, -0.15) is 0 Å². The van der Waals surface area contributed by atoms with Crippen LogP contribution in [0.1, 0.15) is 22.3 Å². The van der Waals surface area contributed by atoms with Gasteiger partial charge in [-0.25, -0.2) is 0 Å². The van der Waals surface area contributed by atoms with Crippen molar-refractivity contribution in [2.75, 3.05) is 13.1 Å². The molecule has 4 nitrogen and oxygen atoms in total. The van der Waals surface area contributed by atoms with Crippen LogP contribution in [0, 0.1) is 12.8 Å².